The first kappa shape index (κ1) is 9.45. The Morgan fingerprint density at radius 1 is 1.57 bits per heavy atom. The number of hydrogen-bond acceptors (Lipinski definition) is 3. The fraction of sp³-hybridized carbons (Fsp3) is 0.778. The summed E-state index contributed by atoms with van der Waals surface area (Å²) in [7, 11) is 1.70. The molecule has 2 fully saturated rings. The summed E-state index contributed by atoms with van der Waals surface area (Å²) in [5.74, 6) is 0.261. The van der Waals surface area contributed by atoms with Crippen molar-refractivity contribution in [1.82, 2.24) is 10.2 Å². The van der Waals surface area contributed by atoms with Crippen molar-refractivity contribution in [1.29, 1.82) is 5.41 Å². The third-order valence-corrected chi connectivity index (χ3v) is 2.89. The second-order valence-electron chi connectivity index (χ2n) is 3.96. The summed E-state index contributed by atoms with van der Waals surface area (Å²) >= 11 is 0. The summed E-state index contributed by atoms with van der Waals surface area (Å²) < 4.78 is 5.66. The highest BCUT2D eigenvalue weighted by atomic mass is 16.5. The van der Waals surface area contributed by atoms with Crippen LogP contribution in [0.3, 0.4) is 0 Å². The average Bonchev–Trinajstić information content (AvgIpc) is 2.60. The average molecular weight is 197 g/mol. The van der Waals surface area contributed by atoms with Crippen LogP contribution in [0.15, 0.2) is 0 Å². The number of hydrogen-bond donors (Lipinski definition) is 2. The fourth-order valence-corrected chi connectivity index (χ4v) is 2.10. The van der Waals surface area contributed by atoms with Crippen LogP contribution < -0.4 is 5.32 Å². The SMILES string of the molecule is CC1CCC(C2C(=N)NC(=O)N2C)O1. The van der Waals surface area contributed by atoms with Gasteiger partial charge in [-0.1, -0.05) is 0 Å². The summed E-state index contributed by atoms with van der Waals surface area (Å²) in [6.45, 7) is 2.02. The molecule has 3 unspecified atom stereocenters. The molecular formula is C9H15N3O2. The minimum absolute atomic E-state index is 0.0125. The lowest BCUT2D eigenvalue weighted by molar-refractivity contribution is 0.0311. The smallest absolute Gasteiger partial charge is 0.323 e. The summed E-state index contributed by atoms with van der Waals surface area (Å²) in [5, 5.41) is 10.1. The minimum atomic E-state index is -0.215. The van der Waals surface area contributed by atoms with Gasteiger partial charge in [0.05, 0.1) is 12.2 Å². The molecule has 3 atom stereocenters. The molecule has 2 amide bonds. The molecule has 2 heterocycles. The zero-order valence-electron chi connectivity index (χ0n) is 8.41. The predicted molar refractivity (Wildman–Crippen MR) is 51.4 cm³/mol. The highest BCUT2D eigenvalue weighted by molar-refractivity contribution is 6.05. The lowest BCUT2D eigenvalue weighted by Gasteiger charge is -2.23. The monoisotopic (exact) mass is 197 g/mol. The summed E-state index contributed by atoms with van der Waals surface area (Å²) in [5.41, 5.74) is 0. The fourth-order valence-electron chi connectivity index (χ4n) is 2.10. The highest BCUT2D eigenvalue weighted by Crippen LogP contribution is 2.26. The molecule has 2 rings (SSSR count). The van der Waals surface area contributed by atoms with E-state index >= 15 is 0 Å². The summed E-state index contributed by atoms with van der Waals surface area (Å²) in [6, 6.07) is -0.421. The lowest BCUT2D eigenvalue weighted by Crippen LogP contribution is -2.41. The molecule has 78 valence electrons. The van der Waals surface area contributed by atoms with Gasteiger partial charge in [-0.05, 0) is 19.8 Å². The number of carbonyl (C=O) groups excluding carboxylic acids is 1. The first-order chi connectivity index (χ1) is 6.59. The molecule has 0 aromatic rings. The zero-order valence-corrected chi connectivity index (χ0v) is 8.41. The molecular weight excluding hydrogens is 182 g/mol. The van der Waals surface area contributed by atoms with E-state index in [1.807, 2.05) is 6.92 Å². The van der Waals surface area contributed by atoms with Crippen molar-refractivity contribution < 1.29 is 9.53 Å². The zero-order chi connectivity index (χ0) is 10.3. The molecule has 5 heteroatoms. The van der Waals surface area contributed by atoms with Gasteiger partial charge in [-0.2, -0.15) is 0 Å². The highest BCUT2D eigenvalue weighted by Gasteiger charge is 2.41. The Morgan fingerprint density at radius 2 is 2.29 bits per heavy atom. The summed E-state index contributed by atoms with van der Waals surface area (Å²) in [4.78, 5) is 12.8. The van der Waals surface area contributed by atoms with E-state index in [1.54, 1.807) is 11.9 Å². The Kier molecular flexibility index (Phi) is 2.19. The van der Waals surface area contributed by atoms with E-state index in [0.717, 1.165) is 12.8 Å². The van der Waals surface area contributed by atoms with E-state index in [0.29, 0.717) is 0 Å². The maximum Gasteiger partial charge on any atom is 0.323 e. The van der Waals surface area contributed by atoms with E-state index in [-0.39, 0.29) is 30.1 Å². The standard InChI is InChI=1S/C9H15N3O2/c1-5-3-4-6(14-5)7-8(10)11-9(13)12(7)2/h5-7H,3-4H2,1-2H3,(H2,10,11,13). The molecule has 2 aliphatic heterocycles. The molecule has 0 spiro atoms. The van der Waals surface area contributed by atoms with Gasteiger partial charge in [0.1, 0.15) is 11.9 Å². The molecule has 2 aliphatic rings. The Hall–Kier alpha value is -1.10. The first-order valence-corrected chi connectivity index (χ1v) is 4.87. The molecule has 0 aliphatic carbocycles. The number of rotatable bonds is 1. The van der Waals surface area contributed by atoms with Crippen molar-refractivity contribution in [3.63, 3.8) is 0 Å². The maximum atomic E-state index is 11.3. The van der Waals surface area contributed by atoms with E-state index in [4.69, 9.17) is 10.1 Å². The van der Waals surface area contributed by atoms with Crippen LogP contribution >= 0.6 is 0 Å². The van der Waals surface area contributed by atoms with Crippen molar-refractivity contribution >= 4 is 11.9 Å². The maximum absolute atomic E-state index is 11.3. The first-order valence-electron chi connectivity index (χ1n) is 4.87. The molecule has 2 N–H and O–H groups in total. The van der Waals surface area contributed by atoms with Crippen LogP contribution in [0, 0.1) is 5.41 Å². The van der Waals surface area contributed by atoms with Crippen molar-refractivity contribution in [2.45, 2.75) is 38.0 Å². The topological polar surface area (TPSA) is 65.4 Å². The van der Waals surface area contributed by atoms with Crippen LogP contribution in [0.2, 0.25) is 0 Å². The van der Waals surface area contributed by atoms with Gasteiger partial charge in [0.2, 0.25) is 0 Å². The van der Waals surface area contributed by atoms with Crippen LogP contribution in [-0.4, -0.2) is 42.1 Å². The Labute approximate surface area is 82.9 Å². The predicted octanol–water partition coefficient (Wildman–Crippen LogP) is 0.555. The molecule has 5 nitrogen and oxygen atoms in total. The quantitative estimate of drug-likeness (QED) is 0.645. The number of nitrogens with one attached hydrogen (secondary N) is 2. The molecule has 0 bridgehead atoms. The van der Waals surface area contributed by atoms with E-state index in [1.165, 1.54) is 0 Å². The van der Waals surface area contributed by atoms with Crippen molar-refractivity contribution in [3.8, 4) is 0 Å². The Bertz CT molecular complexity index is 279. The van der Waals surface area contributed by atoms with E-state index in [9.17, 15) is 4.79 Å². The van der Waals surface area contributed by atoms with Crippen LogP contribution in [-0.2, 0) is 4.74 Å². The number of carbonyl (C=O) groups is 1. The summed E-state index contributed by atoms with van der Waals surface area (Å²) in [6.07, 6.45) is 2.17. The number of nitrogens with zero attached hydrogens (tertiary/aromatic N) is 1. The van der Waals surface area contributed by atoms with Gasteiger partial charge in [0.25, 0.3) is 0 Å². The number of likely N-dealkylation sites (N-methyl/N-ethyl adjacent to an activating group) is 1. The third kappa shape index (κ3) is 1.37. The van der Waals surface area contributed by atoms with Gasteiger partial charge in [-0.15, -0.1) is 0 Å². The van der Waals surface area contributed by atoms with Crippen LogP contribution in [0.1, 0.15) is 19.8 Å². The van der Waals surface area contributed by atoms with Crippen LogP contribution in [0.25, 0.3) is 0 Å². The van der Waals surface area contributed by atoms with Crippen LogP contribution in [0.5, 0.6) is 0 Å². The largest absolute Gasteiger partial charge is 0.373 e. The molecule has 0 aromatic heterocycles. The van der Waals surface area contributed by atoms with Gasteiger partial charge in [-0.25, -0.2) is 4.79 Å². The minimum Gasteiger partial charge on any atom is -0.373 e. The van der Waals surface area contributed by atoms with Crippen molar-refractivity contribution in [2.24, 2.45) is 0 Å². The van der Waals surface area contributed by atoms with Gasteiger partial charge >= 0.3 is 6.03 Å². The second kappa shape index (κ2) is 3.24. The van der Waals surface area contributed by atoms with Crippen molar-refractivity contribution in [2.75, 3.05) is 7.05 Å². The number of urea groups is 1. The van der Waals surface area contributed by atoms with Crippen LogP contribution in [0.4, 0.5) is 4.79 Å². The number of ether oxygens (including phenoxy) is 1. The van der Waals surface area contributed by atoms with E-state index < -0.39 is 0 Å². The lowest BCUT2D eigenvalue weighted by atomic mass is 10.1. The number of amides is 2. The normalized spacial score (nSPS) is 37.9. The molecule has 0 aromatic carbocycles. The van der Waals surface area contributed by atoms with Gasteiger partial charge in [0, 0.05) is 7.05 Å². The number of amidine groups is 1. The third-order valence-electron chi connectivity index (χ3n) is 2.89. The second-order valence-corrected chi connectivity index (χ2v) is 3.96. The van der Waals surface area contributed by atoms with Gasteiger partial charge in [-0.3, -0.25) is 10.7 Å². The molecule has 0 saturated carbocycles. The molecule has 2 saturated heterocycles. The van der Waals surface area contributed by atoms with Gasteiger partial charge < -0.3 is 9.64 Å². The van der Waals surface area contributed by atoms with Crippen molar-refractivity contribution in [3.05, 3.63) is 0 Å². The molecule has 0 radical (unpaired) electrons. The Morgan fingerprint density at radius 3 is 2.71 bits per heavy atom. The Balaban J connectivity index is 2.10. The molecule has 14 heavy (non-hydrogen) atoms. The van der Waals surface area contributed by atoms with E-state index in [2.05, 4.69) is 5.32 Å². The van der Waals surface area contributed by atoms with Gasteiger partial charge in [0.15, 0.2) is 0 Å².